The van der Waals surface area contributed by atoms with Gasteiger partial charge in [0.15, 0.2) is 0 Å². The van der Waals surface area contributed by atoms with Crippen LogP contribution in [0.2, 0.25) is 0 Å². The van der Waals surface area contributed by atoms with E-state index in [4.69, 9.17) is 10.4 Å². The molecule has 6 heteroatoms. The topological polar surface area (TPSA) is 85.7 Å². The van der Waals surface area contributed by atoms with E-state index in [-0.39, 0.29) is 5.61 Å². The van der Waals surface area contributed by atoms with Crippen LogP contribution in [0.3, 0.4) is 0 Å². The molecule has 0 aliphatic rings. The highest BCUT2D eigenvalue weighted by Gasteiger charge is 2.00. The molecule has 0 saturated carbocycles. The molecule has 0 aliphatic heterocycles. The zero-order chi connectivity index (χ0) is 12.1. The highest BCUT2D eigenvalue weighted by molar-refractivity contribution is 6.71. The van der Waals surface area contributed by atoms with Gasteiger partial charge in [0.05, 0.1) is 11.9 Å². The van der Waals surface area contributed by atoms with Crippen LogP contribution in [0.1, 0.15) is 5.82 Å². The van der Waals surface area contributed by atoms with Gasteiger partial charge in [-0.1, -0.05) is 0 Å². The molecule has 0 saturated heterocycles. The lowest BCUT2D eigenvalue weighted by Gasteiger charge is -1.93. The van der Waals surface area contributed by atoms with E-state index >= 15 is 0 Å². The number of pyridine rings is 1. The molecule has 0 atom stereocenters. The molecule has 0 fully saturated rings. The largest absolute Gasteiger partial charge is 0.449 e. The van der Waals surface area contributed by atoms with Gasteiger partial charge in [-0.15, -0.1) is 0 Å². The Balaban J connectivity index is 2.17. The number of hydrogen-bond donors (Lipinski definition) is 3. The fraction of sp³-hybridized carbons (Fsp3) is 0. The molecule has 0 aliphatic carbocycles. The van der Waals surface area contributed by atoms with Crippen LogP contribution in [-0.2, 0) is 0 Å². The van der Waals surface area contributed by atoms with E-state index in [0.717, 1.165) is 18.7 Å². The first-order valence-corrected chi connectivity index (χ1v) is 4.99. The van der Waals surface area contributed by atoms with Gasteiger partial charge in [-0.2, -0.15) is 0 Å². The minimum atomic E-state index is 0.0179. The number of aromatic nitrogens is 3. The maximum Gasteiger partial charge on any atom is 0.347 e. The van der Waals surface area contributed by atoms with Gasteiger partial charge in [-0.05, 0) is 24.3 Å². The van der Waals surface area contributed by atoms with Gasteiger partial charge in [-0.3, -0.25) is 4.98 Å². The van der Waals surface area contributed by atoms with E-state index < -0.39 is 0 Å². The van der Waals surface area contributed by atoms with E-state index in [1.807, 2.05) is 12.1 Å². The predicted octanol–water partition coefficient (Wildman–Crippen LogP) is 1.07. The third kappa shape index (κ3) is 2.88. The Hall–Kier alpha value is -2.21. The maximum absolute atomic E-state index is 8.56. The highest BCUT2D eigenvalue weighted by Crippen LogP contribution is 2.15. The molecule has 2 aromatic rings. The van der Waals surface area contributed by atoms with E-state index in [1.165, 1.54) is 6.08 Å². The molecule has 2 aromatic heterocycles. The Labute approximate surface area is 99.0 Å². The SMILES string of the molecule is N=C([B]O)/C=C\c1ncc(-c2cccnc2)[nH]1. The van der Waals surface area contributed by atoms with Crippen LogP contribution in [0.25, 0.3) is 17.3 Å². The quantitative estimate of drug-likeness (QED) is 0.537. The smallest absolute Gasteiger partial charge is 0.347 e. The predicted molar refractivity (Wildman–Crippen MR) is 66.6 cm³/mol. The van der Waals surface area contributed by atoms with Crippen molar-refractivity contribution in [1.29, 1.82) is 5.41 Å². The molecule has 0 unspecified atom stereocenters. The Bertz CT molecular complexity index is 535. The zero-order valence-electron chi connectivity index (χ0n) is 8.96. The summed E-state index contributed by atoms with van der Waals surface area (Å²) in [4.78, 5) is 11.2. The second-order valence-corrected chi connectivity index (χ2v) is 3.34. The molecule has 2 heterocycles. The van der Waals surface area contributed by atoms with Crippen LogP contribution in [0.15, 0.2) is 36.8 Å². The number of nitrogens with one attached hydrogen (secondary N) is 2. The molecule has 17 heavy (non-hydrogen) atoms. The normalized spacial score (nSPS) is 10.6. The number of rotatable bonds is 4. The summed E-state index contributed by atoms with van der Waals surface area (Å²) >= 11 is 0. The van der Waals surface area contributed by atoms with Crippen molar-refractivity contribution in [1.82, 2.24) is 15.0 Å². The third-order valence-electron chi connectivity index (χ3n) is 2.13. The summed E-state index contributed by atoms with van der Waals surface area (Å²) in [6, 6.07) is 3.78. The van der Waals surface area contributed by atoms with Gasteiger partial charge in [0, 0.05) is 23.6 Å². The van der Waals surface area contributed by atoms with Gasteiger partial charge >= 0.3 is 7.48 Å². The first-order chi connectivity index (χ1) is 8.29. The van der Waals surface area contributed by atoms with Crippen LogP contribution in [0.4, 0.5) is 0 Å². The minimum absolute atomic E-state index is 0.0179. The molecule has 0 aromatic carbocycles. The molecule has 2 rings (SSSR count). The molecule has 0 amide bonds. The van der Waals surface area contributed by atoms with Crippen molar-refractivity contribution in [2.75, 3.05) is 0 Å². The fourth-order valence-electron chi connectivity index (χ4n) is 1.30. The van der Waals surface area contributed by atoms with Crippen LogP contribution in [0, 0.1) is 5.41 Å². The summed E-state index contributed by atoms with van der Waals surface area (Å²) < 4.78 is 0. The van der Waals surface area contributed by atoms with Gasteiger partial charge in [-0.25, -0.2) is 4.98 Å². The van der Waals surface area contributed by atoms with E-state index in [1.54, 1.807) is 24.7 Å². The fourth-order valence-corrected chi connectivity index (χ4v) is 1.30. The van der Waals surface area contributed by atoms with Crippen molar-refractivity contribution in [2.24, 2.45) is 0 Å². The lowest BCUT2D eigenvalue weighted by Crippen LogP contribution is -2.01. The Morgan fingerprint density at radius 3 is 3.06 bits per heavy atom. The van der Waals surface area contributed by atoms with E-state index in [0.29, 0.717) is 5.82 Å². The van der Waals surface area contributed by atoms with Gasteiger partial charge < -0.3 is 15.4 Å². The molecule has 0 spiro atoms. The number of hydrogen-bond acceptors (Lipinski definition) is 4. The van der Waals surface area contributed by atoms with Gasteiger partial charge in [0.2, 0.25) is 0 Å². The summed E-state index contributed by atoms with van der Waals surface area (Å²) in [5.41, 5.74) is 1.82. The van der Waals surface area contributed by atoms with Crippen LogP contribution < -0.4 is 0 Å². The number of allylic oxidation sites excluding steroid dienone is 1. The number of aromatic amines is 1. The van der Waals surface area contributed by atoms with Crippen molar-refractivity contribution in [3.8, 4) is 11.3 Å². The lowest BCUT2D eigenvalue weighted by molar-refractivity contribution is 0.618. The van der Waals surface area contributed by atoms with Crippen LogP contribution in [-0.4, -0.2) is 33.1 Å². The Morgan fingerprint density at radius 2 is 2.35 bits per heavy atom. The van der Waals surface area contributed by atoms with Crippen molar-refractivity contribution in [2.45, 2.75) is 0 Å². The molecule has 5 nitrogen and oxygen atoms in total. The number of H-pyrrole nitrogens is 1. The van der Waals surface area contributed by atoms with Crippen LogP contribution >= 0.6 is 0 Å². The summed E-state index contributed by atoms with van der Waals surface area (Å²) in [5, 5.41) is 15.8. The first kappa shape index (κ1) is 11.3. The second kappa shape index (κ2) is 5.22. The summed E-state index contributed by atoms with van der Waals surface area (Å²) in [5.74, 6) is 0.621. The summed E-state index contributed by atoms with van der Waals surface area (Å²) in [7, 11) is 0.724. The monoisotopic (exact) mass is 225 g/mol. The zero-order valence-corrected chi connectivity index (χ0v) is 8.96. The maximum atomic E-state index is 8.56. The summed E-state index contributed by atoms with van der Waals surface area (Å²) in [6.45, 7) is 0. The minimum Gasteiger partial charge on any atom is -0.449 e. The van der Waals surface area contributed by atoms with Gasteiger partial charge in [0.1, 0.15) is 5.82 Å². The first-order valence-electron chi connectivity index (χ1n) is 4.99. The van der Waals surface area contributed by atoms with Gasteiger partial charge in [0.25, 0.3) is 0 Å². The van der Waals surface area contributed by atoms with Crippen molar-refractivity contribution >= 4 is 19.2 Å². The third-order valence-corrected chi connectivity index (χ3v) is 2.13. The average Bonchev–Trinajstić information content (AvgIpc) is 2.86. The van der Waals surface area contributed by atoms with E-state index in [2.05, 4.69) is 15.0 Å². The Morgan fingerprint density at radius 1 is 1.47 bits per heavy atom. The number of imidazole rings is 1. The van der Waals surface area contributed by atoms with Crippen molar-refractivity contribution < 1.29 is 5.02 Å². The number of nitrogens with zero attached hydrogens (tertiary/aromatic N) is 2. The Kier molecular flexibility index (Phi) is 3.47. The molecule has 83 valence electrons. The molecular formula is C11H10BN4O. The second-order valence-electron chi connectivity index (χ2n) is 3.34. The van der Waals surface area contributed by atoms with Crippen molar-refractivity contribution in [3.63, 3.8) is 0 Å². The van der Waals surface area contributed by atoms with Crippen molar-refractivity contribution in [3.05, 3.63) is 42.6 Å². The highest BCUT2D eigenvalue weighted by atomic mass is 16.2. The lowest BCUT2D eigenvalue weighted by atomic mass is 9.93. The molecule has 3 N–H and O–H groups in total. The van der Waals surface area contributed by atoms with Crippen LogP contribution in [0.5, 0.6) is 0 Å². The molecular weight excluding hydrogens is 215 g/mol. The standard InChI is InChI=1S/C11H10BN4O/c13-10(12-17)3-4-11-15-7-9(16-11)8-2-1-5-14-6-8/h1-7,13,17H,(H,15,16)/b4-3-,13-10?. The molecule has 0 bridgehead atoms. The summed E-state index contributed by atoms with van der Waals surface area (Å²) in [6.07, 6.45) is 8.22. The van der Waals surface area contributed by atoms with E-state index in [9.17, 15) is 0 Å². The average molecular weight is 225 g/mol. The molecule has 1 radical (unpaired) electrons.